The highest BCUT2D eigenvalue weighted by molar-refractivity contribution is 5.92. The van der Waals surface area contributed by atoms with Crippen LogP contribution in [-0.4, -0.2) is 22.6 Å². The number of rotatable bonds is 1. The van der Waals surface area contributed by atoms with Gasteiger partial charge in [0.1, 0.15) is 0 Å². The highest BCUT2D eigenvalue weighted by atomic mass is 16.6. The summed E-state index contributed by atoms with van der Waals surface area (Å²) in [6.45, 7) is 0. The predicted molar refractivity (Wildman–Crippen MR) is 58.4 cm³/mol. The van der Waals surface area contributed by atoms with Crippen LogP contribution in [0.2, 0.25) is 0 Å². The Bertz CT molecular complexity index is 574. The van der Waals surface area contributed by atoms with Gasteiger partial charge in [-0.25, -0.2) is 4.79 Å². The molecular weight excluding hydrogens is 210 g/mol. The van der Waals surface area contributed by atoms with Crippen molar-refractivity contribution < 1.29 is 9.72 Å². The summed E-state index contributed by atoms with van der Waals surface area (Å²) in [7, 11) is 1.53. The van der Waals surface area contributed by atoms with Crippen LogP contribution in [0, 0.1) is 10.1 Å². The van der Waals surface area contributed by atoms with Crippen LogP contribution in [0.15, 0.2) is 30.5 Å². The number of nitrogens with one attached hydrogen (secondary N) is 1. The smallest absolute Gasteiger partial charge is 0.325 e. The van der Waals surface area contributed by atoms with Crippen molar-refractivity contribution in [3.05, 3.63) is 40.6 Å². The molecule has 0 radical (unpaired) electrons. The number of nitro benzene ring substituents is 1. The Hall–Kier alpha value is -2.37. The van der Waals surface area contributed by atoms with Crippen LogP contribution in [0.25, 0.3) is 10.9 Å². The van der Waals surface area contributed by atoms with Crippen molar-refractivity contribution in [2.45, 2.75) is 0 Å². The van der Waals surface area contributed by atoms with Crippen molar-refractivity contribution in [3.63, 3.8) is 0 Å². The minimum atomic E-state index is -0.462. The third-order valence-electron chi connectivity index (χ3n) is 2.32. The lowest BCUT2D eigenvalue weighted by Gasteiger charge is -2.01. The number of amides is 1. The van der Waals surface area contributed by atoms with Crippen molar-refractivity contribution in [2.75, 3.05) is 7.05 Å². The summed E-state index contributed by atoms with van der Waals surface area (Å²) >= 11 is 0. The number of carbonyl (C=O) groups excluding carboxylic acids is 1. The molecule has 6 heteroatoms. The standard InChI is InChI=1S/C10H9N3O3/c1-11-10(14)12-5-4-7-6-8(13(15)16)2-3-9(7)12/h2-6H,1H3,(H,11,14). The second kappa shape index (κ2) is 3.65. The SMILES string of the molecule is CNC(=O)n1ccc2cc([N+](=O)[O-])ccc21. The maximum atomic E-state index is 11.4. The van der Waals surface area contributed by atoms with Crippen LogP contribution in [0.1, 0.15) is 0 Å². The van der Waals surface area contributed by atoms with Crippen LogP contribution in [-0.2, 0) is 0 Å². The number of non-ortho nitro benzene ring substituents is 1. The first-order valence-electron chi connectivity index (χ1n) is 4.61. The molecule has 1 N–H and O–H groups in total. The summed E-state index contributed by atoms with van der Waals surface area (Å²) in [5, 5.41) is 13.7. The number of benzene rings is 1. The van der Waals surface area contributed by atoms with E-state index in [1.807, 2.05) is 0 Å². The van der Waals surface area contributed by atoms with E-state index in [9.17, 15) is 14.9 Å². The lowest BCUT2D eigenvalue weighted by molar-refractivity contribution is -0.384. The number of fused-ring (bicyclic) bond motifs is 1. The predicted octanol–water partition coefficient (Wildman–Crippen LogP) is 1.74. The zero-order valence-corrected chi connectivity index (χ0v) is 8.51. The highest BCUT2D eigenvalue weighted by Crippen LogP contribution is 2.21. The van der Waals surface area contributed by atoms with Crippen LogP contribution in [0.5, 0.6) is 0 Å². The Morgan fingerprint density at radius 3 is 2.81 bits per heavy atom. The fourth-order valence-electron chi connectivity index (χ4n) is 1.54. The summed E-state index contributed by atoms with van der Waals surface area (Å²) in [6.07, 6.45) is 1.58. The van der Waals surface area contributed by atoms with E-state index >= 15 is 0 Å². The Morgan fingerprint density at radius 1 is 1.44 bits per heavy atom. The molecule has 0 unspecified atom stereocenters. The van der Waals surface area contributed by atoms with Crippen molar-refractivity contribution in [3.8, 4) is 0 Å². The van der Waals surface area contributed by atoms with Gasteiger partial charge < -0.3 is 5.32 Å². The van der Waals surface area contributed by atoms with E-state index in [0.29, 0.717) is 10.9 Å². The summed E-state index contributed by atoms with van der Waals surface area (Å²) < 4.78 is 1.40. The van der Waals surface area contributed by atoms with Gasteiger partial charge in [-0.15, -0.1) is 0 Å². The molecule has 16 heavy (non-hydrogen) atoms. The number of hydrogen-bond donors (Lipinski definition) is 1. The third-order valence-corrected chi connectivity index (χ3v) is 2.32. The maximum Gasteiger partial charge on any atom is 0.325 e. The number of nitrogens with zero attached hydrogens (tertiary/aromatic N) is 2. The molecule has 0 aliphatic rings. The molecule has 1 heterocycles. The highest BCUT2D eigenvalue weighted by Gasteiger charge is 2.11. The van der Waals surface area contributed by atoms with Crippen molar-refractivity contribution >= 4 is 22.6 Å². The third kappa shape index (κ3) is 1.50. The van der Waals surface area contributed by atoms with E-state index in [2.05, 4.69) is 5.32 Å². The molecule has 1 aromatic carbocycles. The molecule has 1 amide bonds. The fraction of sp³-hybridized carbons (Fsp3) is 0.100. The van der Waals surface area contributed by atoms with Gasteiger partial charge in [0.05, 0.1) is 10.4 Å². The van der Waals surface area contributed by atoms with Crippen molar-refractivity contribution in [2.24, 2.45) is 0 Å². The van der Waals surface area contributed by atoms with Gasteiger partial charge in [0.15, 0.2) is 0 Å². The largest absolute Gasteiger partial charge is 0.340 e. The summed E-state index contributed by atoms with van der Waals surface area (Å²) in [5.41, 5.74) is 0.659. The quantitative estimate of drug-likeness (QED) is 0.586. The Kier molecular flexibility index (Phi) is 2.32. The van der Waals surface area contributed by atoms with E-state index in [-0.39, 0.29) is 11.7 Å². The fourth-order valence-corrected chi connectivity index (χ4v) is 1.54. The van der Waals surface area contributed by atoms with Crippen molar-refractivity contribution in [1.29, 1.82) is 0 Å². The van der Waals surface area contributed by atoms with Crippen LogP contribution < -0.4 is 5.32 Å². The molecule has 0 aliphatic heterocycles. The topological polar surface area (TPSA) is 77.2 Å². The van der Waals surface area contributed by atoms with Gasteiger partial charge in [-0.3, -0.25) is 14.7 Å². The minimum Gasteiger partial charge on any atom is -0.340 e. The molecule has 2 rings (SSSR count). The Labute approximate surface area is 90.6 Å². The first-order chi connectivity index (χ1) is 7.63. The molecule has 0 saturated carbocycles. The van der Waals surface area contributed by atoms with E-state index in [4.69, 9.17) is 0 Å². The first-order valence-corrected chi connectivity index (χ1v) is 4.61. The molecule has 1 aromatic heterocycles. The molecular formula is C10H9N3O3. The van der Waals surface area contributed by atoms with E-state index < -0.39 is 4.92 Å². The summed E-state index contributed by atoms with van der Waals surface area (Å²) in [5.74, 6) is 0. The number of aromatic nitrogens is 1. The minimum absolute atomic E-state index is 0.0159. The van der Waals surface area contributed by atoms with Gasteiger partial charge in [0.2, 0.25) is 0 Å². The van der Waals surface area contributed by atoms with Crippen LogP contribution in [0.3, 0.4) is 0 Å². The van der Waals surface area contributed by atoms with Gasteiger partial charge >= 0.3 is 6.03 Å². The normalized spacial score (nSPS) is 10.3. The van der Waals surface area contributed by atoms with Gasteiger partial charge in [0, 0.05) is 30.8 Å². The first kappa shape index (κ1) is 10.2. The average Bonchev–Trinajstić information content (AvgIpc) is 2.70. The van der Waals surface area contributed by atoms with Crippen LogP contribution in [0.4, 0.5) is 10.5 Å². The number of hydrogen-bond acceptors (Lipinski definition) is 3. The van der Waals surface area contributed by atoms with E-state index in [0.717, 1.165) is 0 Å². The number of carbonyl (C=O) groups is 1. The Balaban J connectivity index is 2.59. The molecule has 6 nitrogen and oxygen atoms in total. The van der Waals surface area contributed by atoms with Gasteiger partial charge in [0.25, 0.3) is 5.69 Å². The molecule has 0 spiro atoms. The van der Waals surface area contributed by atoms with E-state index in [1.54, 1.807) is 18.3 Å². The number of nitro groups is 1. The summed E-state index contributed by atoms with van der Waals surface area (Å²) in [6, 6.07) is 5.76. The second-order valence-corrected chi connectivity index (χ2v) is 3.24. The van der Waals surface area contributed by atoms with Gasteiger partial charge in [-0.2, -0.15) is 0 Å². The van der Waals surface area contributed by atoms with Crippen molar-refractivity contribution in [1.82, 2.24) is 9.88 Å². The molecule has 0 saturated heterocycles. The zero-order valence-electron chi connectivity index (χ0n) is 8.51. The molecule has 0 atom stereocenters. The molecule has 82 valence electrons. The Morgan fingerprint density at radius 2 is 2.19 bits per heavy atom. The zero-order chi connectivity index (χ0) is 11.7. The van der Waals surface area contributed by atoms with E-state index in [1.165, 1.54) is 23.7 Å². The van der Waals surface area contributed by atoms with Gasteiger partial charge in [-0.05, 0) is 12.1 Å². The summed E-state index contributed by atoms with van der Waals surface area (Å²) in [4.78, 5) is 21.5. The monoisotopic (exact) mass is 219 g/mol. The lowest BCUT2D eigenvalue weighted by atomic mass is 10.2. The average molecular weight is 219 g/mol. The molecule has 0 aliphatic carbocycles. The lowest BCUT2D eigenvalue weighted by Crippen LogP contribution is -2.23. The molecule has 0 fully saturated rings. The van der Waals surface area contributed by atoms with Gasteiger partial charge in [-0.1, -0.05) is 0 Å². The molecule has 2 aromatic rings. The van der Waals surface area contributed by atoms with Crippen LogP contribution >= 0.6 is 0 Å². The molecule has 0 bridgehead atoms. The second-order valence-electron chi connectivity index (χ2n) is 3.24. The maximum absolute atomic E-state index is 11.4.